The van der Waals surface area contributed by atoms with Gasteiger partial charge in [0, 0.05) is 31.9 Å². The molecule has 8 nitrogen and oxygen atoms in total. The van der Waals surface area contributed by atoms with Crippen molar-refractivity contribution in [1.82, 2.24) is 15.1 Å². The highest BCUT2D eigenvalue weighted by Crippen LogP contribution is 2.26. The van der Waals surface area contributed by atoms with Gasteiger partial charge >= 0.3 is 0 Å². The molecule has 1 atom stereocenters. The lowest BCUT2D eigenvalue weighted by molar-refractivity contribution is -0.134. The van der Waals surface area contributed by atoms with E-state index in [2.05, 4.69) is 29.3 Å². The predicted molar refractivity (Wildman–Crippen MR) is 108 cm³/mol. The molecular formula is C19H30N4O4S. The Bertz CT molecular complexity index is 772. The third-order valence-electron chi connectivity index (χ3n) is 5.88. The van der Waals surface area contributed by atoms with Gasteiger partial charge in [0.2, 0.25) is 15.9 Å². The molecule has 0 aromatic heterocycles. The van der Waals surface area contributed by atoms with Crippen LogP contribution in [-0.4, -0.2) is 68.9 Å². The zero-order valence-corrected chi connectivity index (χ0v) is 17.1. The van der Waals surface area contributed by atoms with Crippen molar-refractivity contribution < 1.29 is 18.4 Å². The quantitative estimate of drug-likeness (QED) is 0.468. The molecule has 0 spiro atoms. The molecule has 2 aliphatic rings. The van der Waals surface area contributed by atoms with Crippen LogP contribution < -0.4 is 15.7 Å². The van der Waals surface area contributed by atoms with Gasteiger partial charge in [0.05, 0.1) is 11.7 Å². The van der Waals surface area contributed by atoms with Crippen molar-refractivity contribution in [1.29, 1.82) is 0 Å². The van der Waals surface area contributed by atoms with Crippen LogP contribution in [0.25, 0.3) is 0 Å². The summed E-state index contributed by atoms with van der Waals surface area (Å²) in [5, 5.41) is 12.3. The van der Waals surface area contributed by atoms with Crippen LogP contribution in [0.3, 0.4) is 0 Å². The Hall–Kier alpha value is -1.68. The first-order valence-electron chi connectivity index (χ1n) is 9.85. The van der Waals surface area contributed by atoms with E-state index in [1.165, 1.54) is 9.87 Å². The molecule has 3 rings (SSSR count). The Kier molecular flexibility index (Phi) is 6.92. The van der Waals surface area contributed by atoms with Crippen LogP contribution in [0, 0.1) is 18.8 Å². The summed E-state index contributed by atoms with van der Waals surface area (Å²) >= 11 is 0. The van der Waals surface area contributed by atoms with E-state index >= 15 is 0 Å². The van der Waals surface area contributed by atoms with Gasteiger partial charge in [-0.3, -0.25) is 10.0 Å². The van der Waals surface area contributed by atoms with Crippen molar-refractivity contribution >= 4 is 21.6 Å². The predicted octanol–water partition coefficient (Wildman–Crippen LogP) is 0.568. The highest BCUT2D eigenvalue weighted by molar-refractivity contribution is 7.89. The normalized spacial score (nSPS) is 20.7. The van der Waals surface area contributed by atoms with E-state index in [-0.39, 0.29) is 11.7 Å². The maximum Gasteiger partial charge on any atom is 0.247 e. The minimum Gasteiger partial charge on any atom is -0.369 e. The van der Waals surface area contributed by atoms with Crippen LogP contribution in [0.5, 0.6) is 0 Å². The van der Waals surface area contributed by atoms with E-state index in [1.54, 1.807) is 5.48 Å². The zero-order chi connectivity index (χ0) is 20.1. The summed E-state index contributed by atoms with van der Waals surface area (Å²) in [4.78, 5) is 14.4. The summed E-state index contributed by atoms with van der Waals surface area (Å²) in [6, 6.07) is 8.09. The van der Waals surface area contributed by atoms with E-state index in [9.17, 15) is 13.2 Å². The van der Waals surface area contributed by atoms with Gasteiger partial charge < -0.3 is 10.2 Å². The Morgan fingerprint density at radius 2 is 1.86 bits per heavy atom. The third-order valence-corrected chi connectivity index (χ3v) is 7.81. The first kappa shape index (κ1) is 21.0. The van der Waals surface area contributed by atoms with Gasteiger partial charge in [-0.2, -0.15) is 4.31 Å². The second-order valence-electron chi connectivity index (χ2n) is 7.62. The molecule has 0 saturated carbocycles. The Labute approximate surface area is 166 Å². The molecule has 1 aromatic carbocycles. The van der Waals surface area contributed by atoms with Crippen LogP contribution in [0.1, 0.15) is 18.4 Å². The maximum absolute atomic E-state index is 13.0. The van der Waals surface area contributed by atoms with Crippen molar-refractivity contribution in [2.75, 3.05) is 49.9 Å². The lowest BCUT2D eigenvalue weighted by Crippen LogP contribution is -2.51. The van der Waals surface area contributed by atoms with Gasteiger partial charge in [-0.05, 0) is 50.4 Å². The molecule has 0 radical (unpaired) electrons. The fraction of sp³-hybridized carbons (Fsp3) is 0.632. The van der Waals surface area contributed by atoms with Crippen molar-refractivity contribution in [3.63, 3.8) is 0 Å². The highest BCUT2D eigenvalue weighted by Gasteiger charge is 2.37. The van der Waals surface area contributed by atoms with Crippen molar-refractivity contribution in [2.45, 2.75) is 19.8 Å². The number of piperidine rings is 1. The highest BCUT2D eigenvalue weighted by atomic mass is 32.2. The van der Waals surface area contributed by atoms with Crippen LogP contribution in [0.15, 0.2) is 24.3 Å². The number of sulfonamides is 1. The monoisotopic (exact) mass is 410 g/mol. The van der Waals surface area contributed by atoms with Crippen LogP contribution in [-0.2, 0) is 14.8 Å². The van der Waals surface area contributed by atoms with Gasteiger partial charge in [0.1, 0.15) is 0 Å². The number of carbonyl (C=O) groups excluding carboxylic acids is 1. The summed E-state index contributed by atoms with van der Waals surface area (Å²) < 4.78 is 27.5. The molecule has 9 heteroatoms. The van der Waals surface area contributed by atoms with Crippen molar-refractivity contribution in [3.05, 3.63) is 29.8 Å². The van der Waals surface area contributed by atoms with Crippen LogP contribution in [0.2, 0.25) is 0 Å². The molecule has 3 N–H and O–H groups in total. The van der Waals surface area contributed by atoms with Crippen LogP contribution >= 0.6 is 0 Å². The number of para-hydroxylation sites is 1. The van der Waals surface area contributed by atoms with Gasteiger partial charge in [-0.15, -0.1) is 0 Å². The van der Waals surface area contributed by atoms with Gasteiger partial charge in [-0.1, -0.05) is 18.2 Å². The van der Waals surface area contributed by atoms with Gasteiger partial charge in [0.15, 0.2) is 0 Å². The number of hydroxylamine groups is 1. The van der Waals surface area contributed by atoms with E-state index in [1.807, 2.05) is 12.1 Å². The fourth-order valence-electron chi connectivity index (χ4n) is 4.21. The fourth-order valence-corrected chi connectivity index (χ4v) is 6.02. The third kappa shape index (κ3) is 4.83. The van der Waals surface area contributed by atoms with E-state index in [0.717, 1.165) is 31.6 Å². The first-order chi connectivity index (χ1) is 13.4. The Balaban J connectivity index is 1.65. The Morgan fingerprint density at radius 1 is 1.21 bits per heavy atom. The van der Waals surface area contributed by atoms with Crippen LogP contribution in [0.4, 0.5) is 5.69 Å². The van der Waals surface area contributed by atoms with E-state index < -0.39 is 21.8 Å². The average molecular weight is 411 g/mol. The summed E-state index contributed by atoms with van der Waals surface area (Å²) in [6.07, 6.45) is 1.46. The molecule has 2 heterocycles. The second-order valence-corrected chi connectivity index (χ2v) is 9.63. The number of hydrogen-bond acceptors (Lipinski definition) is 6. The number of carbonyl (C=O) groups is 1. The molecule has 2 fully saturated rings. The number of nitrogens with one attached hydrogen (secondary N) is 2. The largest absolute Gasteiger partial charge is 0.369 e. The van der Waals surface area contributed by atoms with E-state index in [4.69, 9.17) is 5.21 Å². The number of anilines is 1. The van der Waals surface area contributed by atoms with Crippen molar-refractivity contribution in [3.8, 4) is 0 Å². The SMILES string of the molecule is Cc1ccccc1N1CCN(S(=O)(=O)CC(C(=O)NO)C2CCNCC2)CC1. The minimum absolute atomic E-state index is 0.0450. The first-order valence-corrected chi connectivity index (χ1v) is 11.5. The number of piperazine rings is 1. The average Bonchev–Trinajstić information content (AvgIpc) is 2.72. The molecule has 0 bridgehead atoms. The molecule has 2 aliphatic heterocycles. The lowest BCUT2D eigenvalue weighted by Gasteiger charge is -2.37. The molecule has 0 aliphatic carbocycles. The number of rotatable bonds is 6. The molecule has 1 aromatic rings. The van der Waals surface area contributed by atoms with Crippen molar-refractivity contribution in [2.24, 2.45) is 11.8 Å². The van der Waals surface area contributed by atoms with Gasteiger partial charge in [-0.25, -0.2) is 13.9 Å². The summed E-state index contributed by atoms with van der Waals surface area (Å²) in [5.74, 6) is -1.63. The Morgan fingerprint density at radius 3 is 2.46 bits per heavy atom. The lowest BCUT2D eigenvalue weighted by atomic mass is 9.85. The maximum atomic E-state index is 13.0. The number of benzene rings is 1. The minimum atomic E-state index is -3.59. The summed E-state index contributed by atoms with van der Waals surface area (Å²) in [5.41, 5.74) is 3.97. The van der Waals surface area contributed by atoms with Gasteiger partial charge in [0.25, 0.3) is 0 Å². The number of aryl methyl sites for hydroxylation is 1. The molecular weight excluding hydrogens is 380 g/mol. The topological polar surface area (TPSA) is 102 Å². The molecule has 1 unspecified atom stereocenters. The smallest absolute Gasteiger partial charge is 0.247 e. The van der Waals surface area contributed by atoms with E-state index in [0.29, 0.717) is 26.2 Å². The molecule has 2 saturated heterocycles. The summed E-state index contributed by atoms with van der Waals surface area (Å²) in [7, 11) is -3.59. The standard InChI is InChI=1S/C19H30N4O4S/c1-15-4-2-3-5-18(15)22-10-12-23(13-11-22)28(26,27)14-17(19(24)21-25)16-6-8-20-9-7-16/h2-5,16-17,20,25H,6-14H2,1H3,(H,21,24). The second kappa shape index (κ2) is 9.21. The molecule has 156 valence electrons. The summed E-state index contributed by atoms with van der Waals surface area (Å²) in [6.45, 7) is 5.61. The number of amides is 1. The molecule has 28 heavy (non-hydrogen) atoms. The number of nitrogens with zero attached hydrogens (tertiary/aromatic N) is 2. The zero-order valence-electron chi connectivity index (χ0n) is 16.3. The molecule has 1 amide bonds. The number of hydrogen-bond donors (Lipinski definition) is 3.